The second-order valence-corrected chi connectivity index (χ2v) is 5.45. The van der Waals surface area contributed by atoms with Crippen LogP contribution in [-0.4, -0.2) is 24.3 Å². The van der Waals surface area contributed by atoms with Crippen molar-refractivity contribution in [1.82, 2.24) is 5.32 Å². The van der Waals surface area contributed by atoms with Crippen molar-refractivity contribution in [2.24, 2.45) is 5.41 Å². The minimum Gasteiger partial charge on any atom is -0.396 e. The topological polar surface area (TPSA) is 32.3 Å². The molecule has 0 amide bonds. The van der Waals surface area contributed by atoms with Crippen molar-refractivity contribution >= 4 is 0 Å². The molecular formula is C13H29NO. The Kier molecular flexibility index (Phi) is 8.07. The van der Waals surface area contributed by atoms with Crippen LogP contribution in [0.1, 0.15) is 59.8 Å². The highest BCUT2D eigenvalue weighted by molar-refractivity contribution is 4.72. The van der Waals surface area contributed by atoms with Crippen LogP contribution in [-0.2, 0) is 0 Å². The average Bonchev–Trinajstić information content (AvgIpc) is 2.22. The maximum atomic E-state index is 9.11. The van der Waals surface area contributed by atoms with E-state index < -0.39 is 0 Å². The van der Waals surface area contributed by atoms with E-state index in [2.05, 4.69) is 33.0 Å². The largest absolute Gasteiger partial charge is 0.396 e. The lowest BCUT2D eigenvalue weighted by Gasteiger charge is -2.24. The molecule has 15 heavy (non-hydrogen) atoms. The summed E-state index contributed by atoms with van der Waals surface area (Å²) in [6.45, 7) is 9.81. The Morgan fingerprint density at radius 3 is 2.40 bits per heavy atom. The van der Waals surface area contributed by atoms with Crippen molar-refractivity contribution in [2.75, 3.05) is 13.2 Å². The zero-order valence-electron chi connectivity index (χ0n) is 11.0. The molecular weight excluding hydrogens is 186 g/mol. The zero-order valence-corrected chi connectivity index (χ0v) is 11.0. The van der Waals surface area contributed by atoms with Crippen LogP contribution in [0.5, 0.6) is 0 Å². The fourth-order valence-electron chi connectivity index (χ4n) is 1.49. The van der Waals surface area contributed by atoms with Gasteiger partial charge in [-0.05, 0) is 13.3 Å². The molecule has 1 atom stereocenters. The summed E-state index contributed by atoms with van der Waals surface area (Å²) in [7, 11) is 0. The molecule has 0 heterocycles. The number of aliphatic hydroxyl groups excluding tert-OH is 1. The van der Waals surface area contributed by atoms with Gasteiger partial charge in [0.2, 0.25) is 0 Å². The second-order valence-electron chi connectivity index (χ2n) is 5.45. The van der Waals surface area contributed by atoms with Crippen molar-refractivity contribution < 1.29 is 5.11 Å². The first-order chi connectivity index (χ1) is 7.02. The van der Waals surface area contributed by atoms with E-state index in [0.717, 1.165) is 6.54 Å². The smallest absolute Gasteiger partial charge is 0.0494 e. The Bertz CT molecular complexity index is 145. The summed E-state index contributed by atoms with van der Waals surface area (Å²) < 4.78 is 0. The maximum absolute atomic E-state index is 9.11. The van der Waals surface area contributed by atoms with E-state index in [9.17, 15) is 0 Å². The van der Waals surface area contributed by atoms with Gasteiger partial charge in [-0.1, -0.05) is 46.5 Å². The predicted octanol–water partition coefficient (Wildman–Crippen LogP) is 2.95. The third kappa shape index (κ3) is 8.88. The van der Waals surface area contributed by atoms with Gasteiger partial charge in [-0.3, -0.25) is 0 Å². The average molecular weight is 215 g/mol. The minimum atomic E-state index is 0.0116. The van der Waals surface area contributed by atoms with Crippen molar-refractivity contribution in [1.29, 1.82) is 0 Å². The number of hydrogen-bond donors (Lipinski definition) is 2. The van der Waals surface area contributed by atoms with Crippen molar-refractivity contribution in [3.05, 3.63) is 0 Å². The highest BCUT2D eigenvalue weighted by Crippen LogP contribution is 2.12. The predicted molar refractivity (Wildman–Crippen MR) is 67.1 cm³/mol. The molecule has 0 aliphatic carbocycles. The van der Waals surface area contributed by atoms with Crippen LogP contribution in [0.25, 0.3) is 0 Å². The summed E-state index contributed by atoms with van der Waals surface area (Å²) in [6, 6.07) is 0.577. The Hall–Kier alpha value is -0.0800. The van der Waals surface area contributed by atoms with E-state index in [1.54, 1.807) is 0 Å². The lowest BCUT2D eigenvalue weighted by atomic mass is 9.94. The molecule has 0 aromatic heterocycles. The molecule has 0 bridgehead atoms. The number of hydrogen-bond acceptors (Lipinski definition) is 2. The van der Waals surface area contributed by atoms with Gasteiger partial charge >= 0.3 is 0 Å². The first-order valence-electron chi connectivity index (χ1n) is 6.36. The quantitative estimate of drug-likeness (QED) is 0.580. The first kappa shape index (κ1) is 14.9. The Balaban J connectivity index is 3.44. The zero-order chi connectivity index (χ0) is 11.7. The molecule has 0 aromatic rings. The van der Waals surface area contributed by atoms with E-state index in [1.807, 2.05) is 0 Å². The van der Waals surface area contributed by atoms with Gasteiger partial charge in [0.15, 0.2) is 0 Å². The van der Waals surface area contributed by atoms with E-state index >= 15 is 0 Å². The monoisotopic (exact) mass is 215 g/mol. The van der Waals surface area contributed by atoms with Crippen molar-refractivity contribution in [3.63, 3.8) is 0 Å². The number of unbranched alkanes of at least 4 members (excludes halogenated alkanes) is 3. The van der Waals surface area contributed by atoms with Gasteiger partial charge in [0.1, 0.15) is 0 Å². The van der Waals surface area contributed by atoms with Crippen LogP contribution < -0.4 is 5.32 Å². The Morgan fingerprint density at radius 2 is 1.87 bits per heavy atom. The van der Waals surface area contributed by atoms with Crippen molar-refractivity contribution in [2.45, 2.75) is 65.8 Å². The van der Waals surface area contributed by atoms with Crippen molar-refractivity contribution in [3.8, 4) is 0 Å². The van der Waals surface area contributed by atoms with Crippen LogP contribution in [0.3, 0.4) is 0 Å². The van der Waals surface area contributed by atoms with E-state index in [1.165, 1.54) is 32.1 Å². The molecule has 0 spiro atoms. The second kappa shape index (κ2) is 8.12. The summed E-state index contributed by atoms with van der Waals surface area (Å²) in [6.07, 6.45) is 6.59. The van der Waals surface area contributed by atoms with Gasteiger partial charge in [-0.2, -0.15) is 0 Å². The molecule has 0 aliphatic rings. The lowest BCUT2D eigenvalue weighted by molar-refractivity contribution is 0.153. The number of nitrogens with one attached hydrogen (secondary N) is 1. The summed E-state index contributed by atoms with van der Waals surface area (Å²) in [5.74, 6) is 0. The Labute approximate surface area is 95.5 Å². The molecule has 0 fully saturated rings. The third-order valence-electron chi connectivity index (χ3n) is 2.85. The molecule has 92 valence electrons. The van der Waals surface area contributed by atoms with E-state index in [-0.39, 0.29) is 12.0 Å². The highest BCUT2D eigenvalue weighted by Gasteiger charge is 2.16. The van der Waals surface area contributed by atoms with Gasteiger partial charge < -0.3 is 10.4 Å². The maximum Gasteiger partial charge on any atom is 0.0494 e. The van der Waals surface area contributed by atoms with Crippen LogP contribution >= 0.6 is 0 Å². The summed E-state index contributed by atoms with van der Waals surface area (Å²) in [5, 5.41) is 12.6. The van der Waals surface area contributed by atoms with Crippen LogP contribution in [0.15, 0.2) is 0 Å². The fourth-order valence-corrected chi connectivity index (χ4v) is 1.49. The molecule has 0 radical (unpaired) electrons. The molecule has 0 rings (SSSR count). The lowest BCUT2D eigenvalue weighted by Crippen LogP contribution is -2.37. The standard InChI is InChI=1S/C13H29NO/c1-5-6-7-8-9-12(2)14-10-13(3,4)11-15/h12,14-15H,5-11H2,1-4H3. The highest BCUT2D eigenvalue weighted by atomic mass is 16.3. The van der Waals surface area contributed by atoms with E-state index in [4.69, 9.17) is 5.11 Å². The van der Waals surface area contributed by atoms with Gasteiger partial charge in [0, 0.05) is 24.6 Å². The molecule has 0 aliphatic heterocycles. The van der Waals surface area contributed by atoms with Crippen LogP contribution in [0.4, 0.5) is 0 Å². The molecule has 2 nitrogen and oxygen atoms in total. The summed E-state index contributed by atoms with van der Waals surface area (Å²) in [5.41, 5.74) is 0.0116. The van der Waals surface area contributed by atoms with Gasteiger partial charge in [-0.15, -0.1) is 0 Å². The summed E-state index contributed by atoms with van der Waals surface area (Å²) >= 11 is 0. The van der Waals surface area contributed by atoms with Crippen LogP contribution in [0, 0.1) is 5.41 Å². The Morgan fingerprint density at radius 1 is 1.20 bits per heavy atom. The number of rotatable bonds is 9. The van der Waals surface area contributed by atoms with Gasteiger partial charge in [-0.25, -0.2) is 0 Å². The van der Waals surface area contributed by atoms with Crippen LogP contribution in [0.2, 0.25) is 0 Å². The minimum absolute atomic E-state index is 0.0116. The SMILES string of the molecule is CCCCCCC(C)NCC(C)(C)CO. The molecule has 0 saturated heterocycles. The normalized spacial score (nSPS) is 14.2. The molecule has 0 saturated carbocycles. The first-order valence-corrected chi connectivity index (χ1v) is 6.36. The van der Waals surface area contributed by atoms with Gasteiger partial charge in [0.05, 0.1) is 0 Å². The molecule has 1 unspecified atom stereocenters. The molecule has 2 N–H and O–H groups in total. The van der Waals surface area contributed by atoms with Gasteiger partial charge in [0.25, 0.3) is 0 Å². The molecule has 2 heteroatoms. The fraction of sp³-hybridized carbons (Fsp3) is 1.00. The summed E-state index contributed by atoms with van der Waals surface area (Å²) in [4.78, 5) is 0. The third-order valence-corrected chi connectivity index (χ3v) is 2.85. The molecule has 0 aromatic carbocycles. The van der Waals surface area contributed by atoms with E-state index in [0.29, 0.717) is 6.04 Å². The number of aliphatic hydroxyl groups is 1.